The van der Waals surface area contributed by atoms with Gasteiger partial charge in [0, 0.05) is 13.6 Å². The van der Waals surface area contributed by atoms with Gasteiger partial charge in [-0.1, -0.05) is 25.5 Å². The van der Waals surface area contributed by atoms with Crippen LogP contribution in [0.1, 0.15) is 32.3 Å². The van der Waals surface area contributed by atoms with Gasteiger partial charge in [-0.2, -0.15) is 0 Å². The van der Waals surface area contributed by atoms with Crippen LogP contribution >= 0.6 is 0 Å². The Morgan fingerprint density at radius 2 is 2.00 bits per heavy atom. The monoisotopic (exact) mass is 318 g/mol. The first-order valence-electron chi connectivity index (χ1n) is 6.94. The number of carbonyl (C=O) groups excluding carboxylic acids is 1. The zero-order valence-electron chi connectivity index (χ0n) is 12.9. The lowest BCUT2D eigenvalue weighted by atomic mass is 9.96. The van der Waals surface area contributed by atoms with Crippen molar-refractivity contribution in [1.29, 1.82) is 0 Å². The summed E-state index contributed by atoms with van der Waals surface area (Å²) in [6, 6.07) is 5.54. The number of nitrogens with zero attached hydrogens (tertiary/aromatic N) is 1. The third-order valence-electron chi connectivity index (χ3n) is 3.16. The fraction of sp³-hybridized carbons (Fsp3) is 0.533. The molecular weight excluding hydrogens is 297 g/mol. The van der Waals surface area contributed by atoms with Gasteiger partial charge in [0.25, 0.3) is 0 Å². The quantitative estimate of drug-likeness (QED) is 0.877. The summed E-state index contributed by atoms with van der Waals surface area (Å²) >= 11 is 0. The summed E-state index contributed by atoms with van der Waals surface area (Å²) in [5.41, 5.74) is 5.52. The number of hydrogen-bond donors (Lipinski definition) is 1. The Bertz CT molecular complexity index is 516. The molecule has 1 aromatic rings. The highest BCUT2D eigenvalue weighted by Crippen LogP contribution is 2.24. The van der Waals surface area contributed by atoms with Gasteiger partial charge in [-0.15, -0.1) is 13.2 Å². The maximum atomic E-state index is 12.3. The van der Waals surface area contributed by atoms with Crippen LogP contribution in [0.15, 0.2) is 24.3 Å². The van der Waals surface area contributed by atoms with Gasteiger partial charge >= 0.3 is 6.36 Å². The molecule has 1 unspecified atom stereocenters. The van der Waals surface area contributed by atoms with E-state index in [-0.39, 0.29) is 18.2 Å². The van der Waals surface area contributed by atoms with E-state index in [1.807, 2.05) is 6.92 Å². The largest absolute Gasteiger partial charge is 0.573 e. The number of amides is 1. The minimum absolute atomic E-state index is 0.157. The van der Waals surface area contributed by atoms with Crippen LogP contribution in [0.25, 0.3) is 0 Å². The van der Waals surface area contributed by atoms with Crippen LogP contribution in [0.5, 0.6) is 5.75 Å². The Labute approximate surface area is 128 Å². The second kappa shape index (κ2) is 7.00. The maximum Gasteiger partial charge on any atom is 0.573 e. The van der Waals surface area contributed by atoms with Crippen LogP contribution in [0, 0.1) is 0 Å². The molecule has 2 N–H and O–H groups in total. The smallest absolute Gasteiger partial charge is 0.406 e. The van der Waals surface area contributed by atoms with Crippen LogP contribution in [0.4, 0.5) is 13.2 Å². The van der Waals surface area contributed by atoms with Gasteiger partial charge in [0.15, 0.2) is 0 Å². The van der Waals surface area contributed by atoms with E-state index in [1.54, 1.807) is 20.0 Å². The number of ether oxygens (including phenoxy) is 1. The predicted molar refractivity (Wildman–Crippen MR) is 77.1 cm³/mol. The summed E-state index contributed by atoms with van der Waals surface area (Å²) in [4.78, 5) is 13.7. The highest BCUT2D eigenvalue weighted by molar-refractivity contribution is 5.85. The molecule has 0 fully saturated rings. The van der Waals surface area contributed by atoms with Crippen LogP contribution in [0.3, 0.4) is 0 Å². The van der Waals surface area contributed by atoms with Crippen molar-refractivity contribution in [2.75, 3.05) is 7.05 Å². The van der Waals surface area contributed by atoms with Crippen molar-refractivity contribution in [2.45, 2.75) is 45.1 Å². The molecule has 1 rings (SSSR count). The van der Waals surface area contributed by atoms with Crippen molar-refractivity contribution >= 4 is 5.91 Å². The molecule has 0 saturated carbocycles. The first kappa shape index (κ1) is 18.3. The minimum atomic E-state index is -4.74. The highest BCUT2D eigenvalue weighted by atomic mass is 19.4. The average Bonchev–Trinajstić information content (AvgIpc) is 2.36. The first-order valence-corrected chi connectivity index (χ1v) is 6.94. The number of nitrogens with two attached hydrogens (primary N) is 1. The van der Waals surface area contributed by atoms with E-state index in [0.29, 0.717) is 12.0 Å². The molecule has 0 aliphatic carbocycles. The zero-order valence-corrected chi connectivity index (χ0v) is 12.9. The summed E-state index contributed by atoms with van der Waals surface area (Å²) in [5.74, 6) is -0.564. The number of hydrogen-bond acceptors (Lipinski definition) is 3. The minimum Gasteiger partial charge on any atom is -0.406 e. The molecule has 7 heteroatoms. The second-order valence-corrected chi connectivity index (χ2v) is 5.52. The molecule has 0 saturated heterocycles. The Balaban J connectivity index is 2.78. The third-order valence-corrected chi connectivity index (χ3v) is 3.16. The van der Waals surface area contributed by atoms with Gasteiger partial charge in [-0.05, 0) is 31.0 Å². The molecule has 0 bridgehead atoms. The van der Waals surface area contributed by atoms with Gasteiger partial charge in [-0.3, -0.25) is 4.79 Å². The summed E-state index contributed by atoms with van der Waals surface area (Å²) in [6.07, 6.45) is -3.44. The second-order valence-electron chi connectivity index (χ2n) is 5.52. The molecule has 1 atom stereocenters. The average molecular weight is 318 g/mol. The Morgan fingerprint density at radius 3 is 2.55 bits per heavy atom. The fourth-order valence-electron chi connectivity index (χ4n) is 2.25. The standard InChI is InChI=1S/C15H21F3N2O2/c1-4-8-14(2,19)13(21)20(3)10-11-6-5-7-12(9-11)22-15(16,17)18/h5-7,9H,4,8,10,19H2,1-3H3. The third kappa shape index (κ3) is 5.55. The molecule has 0 radical (unpaired) electrons. The number of carbonyl (C=O) groups is 1. The first-order chi connectivity index (χ1) is 10.0. The van der Waals surface area contributed by atoms with E-state index in [9.17, 15) is 18.0 Å². The molecule has 0 aliphatic rings. The van der Waals surface area contributed by atoms with Gasteiger partial charge in [0.05, 0.1) is 5.54 Å². The molecule has 124 valence electrons. The van der Waals surface area contributed by atoms with Crippen LogP contribution in [-0.2, 0) is 11.3 Å². The van der Waals surface area contributed by atoms with Crippen LogP contribution in [-0.4, -0.2) is 29.8 Å². The zero-order chi connectivity index (χ0) is 17.0. The lowest BCUT2D eigenvalue weighted by Gasteiger charge is -2.29. The van der Waals surface area contributed by atoms with E-state index in [0.717, 1.165) is 6.42 Å². The molecule has 0 heterocycles. The number of benzene rings is 1. The fourth-order valence-corrected chi connectivity index (χ4v) is 2.25. The number of rotatable bonds is 6. The van der Waals surface area contributed by atoms with Crippen LogP contribution in [0.2, 0.25) is 0 Å². The van der Waals surface area contributed by atoms with Crippen molar-refractivity contribution in [3.63, 3.8) is 0 Å². The molecule has 0 aromatic heterocycles. The summed E-state index contributed by atoms with van der Waals surface area (Å²) in [5, 5.41) is 0. The van der Waals surface area contributed by atoms with Gasteiger partial charge in [-0.25, -0.2) is 0 Å². The van der Waals surface area contributed by atoms with Gasteiger partial charge in [0.2, 0.25) is 5.91 Å². The topological polar surface area (TPSA) is 55.6 Å². The molecule has 4 nitrogen and oxygen atoms in total. The Kier molecular flexibility index (Phi) is 5.82. The summed E-state index contributed by atoms with van der Waals surface area (Å²) in [6.45, 7) is 3.74. The van der Waals surface area contributed by atoms with Crippen LogP contribution < -0.4 is 10.5 Å². The molecule has 22 heavy (non-hydrogen) atoms. The van der Waals surface area contributed by atoms with Crippen molar-refractivity contribution in [3.8, 4) is 5.75 Å². The maximum absolute atomic E-state index is 12.3. The SMILES string of the molecule is CCCC(C)(N)C(=O)N(C)Cc1cccc(OC(F)(F)F)c1. The molecule has 1 aromatic carbocycles. The summed E-state index contributed by atoms with van der Waals surface area (Å²) < 4.78 is 40.5. The van der Waals surface area contributed by atoms with Gasteiger partial charge < -0.3 is 15.4 Å². The van der Waals surface area contributed by atoms with Crippen molar-refractivity contribution in [2.24, 2.45) is 5.73 Å². The number of likely N-dealkylation sites (N-methyl/N-ethyl adjacent to an activating group) is 1. The van der Waals surface area contributed by atoms with Gasteiger partial charge in [0.1, 0.15) is 5.75 Å². The van der Waals surface area contributed by atoms with E-state index in [2.05, 4.69) is 4.74 Å². The van der Waals surface area contributed by atoms with E-state index < -0.39 is 11.9 Å². The van der Waals surface area contributed by atoms with Crippen molar-refractivity contribution in [3.05, 3.63) is 29.8 Å². The molecule has 1 amide bonds. The molecule has 0 spiro atoms. The van der Waals surface area contributed by atoms with E-state index >= 15 is 0 Å². The lowest BCUT2D eigenvalue weighted by molar-refractivity contribution is -0.274. The number of alkyl halides is 3. The Morgan fingerprint density at radius 1 is 1.36 bits per heavy atom. The van der Waals surface area contributed by atoms with Crippen molar-refractivity contribution in [1.82, 2.24) is 4.90 Å². The normalized spacial score (nSPS) is 14.3. The lowest BCUT2D eigenvalue weighted by Crippen LogP contribution is -2.51. The number of halogens is 3. The van der Waals surface area contributed by atoms with Crippen molar-refractivity contribution < 1.29 is 22.7 Å². The predicted octanol–water partition coefficient (Wildman–Crippen LogP) is 3.06. The van der Waals surface area contributed by atoms with E-state index in [4.69, 9.17) is 5.73 Å². The van der Waals surface area contributed by atoms with E-state index in [1.165, 1.54) is 23.1 Å². The molecule has 0 aliphatic heterocycles. The highest BCUT2D eigenvalue weighted by Gasteiger charge is 2.32. The Hall–Kier alpha value is -1.76. The summed E-state index contributed by atoms with van der Waals surface area (Å²) in [7, 11) is 1.57. The molecular formula is C15H21F3N2O2.